The molecule has 0 aliphatic heterocycles. The van der Waals surface area contributed by atoms with Gasteiger partial charge in [0.05, 0.1) is 17.4 Å². The summed E-state index contributed by atoms with van der Waals surface area (Å²) in [5.41, 5.74) is 7.41. The molecule has 0 spiro atoms. The molecule has 3 N–H and O–H groups in total. The number of nitrogens with one attached hydrogen (secondary N) is 1. The fourth-order valence-corrected chi connectivity index (χ4v) is 3.35. The van der Waals surface area contributed by atoms with Crippen LogP contribution in [0.1, 0.15) is 58.4 Å². The first-order chi connectivity index (χ1) is 12.5. The summed E-state index contributed by atoms with van der Waals surface area (Å²) in [7, 11) is 0. The van der Waals surface area contributed by atoms with Crippen LogP contribution in [0.15, 0.2) is 42.5 Å². The van der Waals surface area contributed by atoms with Crippen LogP contribution in [-0.2, 0) is 0 Å². The standard InChI is InChI=1S/C21H24N2O3/c1-14-6-5-9-18(19(14)20(22)24)23-21(25)15-10-12-17(13-11-15)26-16-7-3-2-4-8-16/h5-6,9-13,16H,2-4,7-8H2,1H3,(H2,22,24)(H,23,25). The number of anilines is 1. The third-order valence-electron chi connectivity index (χ3n) is 4.74. The smallest absolute Gasteiger partial charge is 0.255 e. The quantitative estimate of drug-likeness (QED) is 0.851. The van der Waals surface area contributed by atoms with Gasteiger partial charge < -0.3 is 15.8 Å². The van der Waals surface area contributed by atoms with Gasteiger partial charge in [0, 0.05) is 5.56 Å². The van der Waals surface area contributed by atoms with Gasteiger partial charge in [-0.1, -0.05) is 18.6 Å². The Hall–Kier alpha value is -2.82. The first-order valence-electron chi connectivity index (χ1n) is 9.02. The molecule has 1 aliphatic carbocycles. The largest absolute Gasteiger partial charge is 0.490 e. The van der Waals surface area contributed by atoms with Crippen molar-refractivity contribution in [2.75, 3.05) is 5.32 Å². The van der Waals surface area contributed by atoms with Crippen molar-refractivity contribution in [2.45, 2.75) is 45.1 Å². The topological polar surface area (TPSA) is 81.4 Å². The first-order valence-corrected chi connectivity index (χ1v) is 9.02. The highest BCUT2D eigenvalue weighted by Gasteiger charge is 2.16. The lowest BCUT2D eigenvalue weighted by Crippen LogP contribution is -2.20. The van der Waals surface area contributed by atoms with E-state index in [0.717, 1.165) is 24.2 Å². The van der Waals surface area contributed by atoms with E-state index in [1.807, 2.05) is 12.1 Å². The van der Waals surface area contributed by atoms with Crippen LogP contribution in [0.2, 0.25) is 0 Å². The van der Waals surface area contributed by atoms with Crippen molar-refractivity contribution in [3.8, 4) is 5.75 Å². The Kier molecular flexibility index (Phi) is 5.56. The molecule has 5 heteroatoms. The van der Waals surface area contributed by atoms with Crippen LogP contribution < -0.4 is 15.8 Å². The Balaban J connectivity index is 1.69. The van der Waals surface area contributed by atoms with E-state index in [1.54, 1.807) is 37.3 Å². The van der Waals surface area contributed by atoms with Crippen molar-refractivity contribution in [1.29, 1.82) is 0 Å². The molecule has 0 heterocycles. The van der Waals surface area contributed by atoms with E-state index >= 15 is 0 Å². The monoisotopic (exact) mass is 352 g/mol. The third-order valence-corrected chi connectivity index (χ3v) is 4.74. The van der Waals surface area contributed by atoms with Gasteiger partial charge in [0.25, 0.3) is 11.8 Å². The van der Waals surface area contributed by atoms with Crippen LogP contribution in [0, 0.1) is 6.92 Å². The van der Waals surface area contributed by atoms with Crippen molar-refractivity contribution in [2.24, 2.45) is 5.73 Å². The van der Waals surface area contributed by atoms with E-state index in [2.05, 4.69) is 5.32 Å². The van der Waals surface area contributed by atoms with Crippen LogP contribution in [0.5, 0.6) is 5.75 Å². The highest BCUT2D eigenvalue weighted by molar-refractivity contribution is 6.09. The number of primary amides is 1. The minimum atomic E-state index is -0.561. The van der Waals surface area contributed by atoms with E-state index in [-0.39, 0.29) is 12.0 Å². The van der Waals surface area contributed by atoms with Gasteiger partial charge in [0.15, 0.2) is 0 Å². The molecule has 2 amide bonds. The van der Waals surface area contributed by atoms with Gasteiger partial charge in [-0.15, -0.1) is 0 Å². The second-order valence-corrected chi connectivity index (χ2v) is 6.72. The minimum absolute atomic E-state index is 0.272. The lowest BCUT2D eigenvalue weighted by molar-refractivity contribution is 0.100. The van der Waals surface area contributed by atoms with Gasteiger partial charge >= 0.3 is 0 Å². The van der Waals surface area contributed by atoms with Gasteiger partial charge in [-0.05, 0) is 68.5 Å². The zero-order valence-electron chi connectivity index (χ0n) is 15.0. The highest BCUT2D eigenvalue weighted by atomic mass is 16.5. The number of rotatable bonds is 5. The molecular formula is C21H24N2O3. The predicted octanol–water partition coefficient (Wildman–Crippen LogP) is 4.06. The molecule has 2 aromatic rings. The normalized spacial score (nSPS) is 14.7. The third kappa shape index (κ3) is 4.23. The van der Waals surface area contributed by atoms with Gasteiger partial charge in [-0.2, -0.15) is 0 Å². The molecule has 0 saturated heterocycles. The van der Waals surface area contributed by atoms with Gasteiger partial charge in [0.2, 0.25) is 0 Å². The van der Waals surface area contributed by atoms with Crippen molar-refractivity contribution >= 4 is 17.5 Å². The fourth-order valence-electron chi connectivity index (χ4n) is 3.35. The number of ether oxygens (including phenoxy) is 1. The Morgan fingerprint density at radius 3 is 2.38 bits per heavy atom. The molecule has 2 aromatic carbocycles. The van der Waals surface area contributed by atoms with Crippen LogP contribution >= 0.6 is 0 Å². The molecule has 1 aliphatic rings. The maximum atomic E-state index is 12.5. The van der Waals surface area contributed by atoms with E-state index in [4.69, 9.17) is 10.5 Å². The molecule has 0 bridgehead atoms. The van der Waals surface area contributed by atoms with Gasteiger partial charge in [-0.3, -0.25) is 9.59 Å². The Morgan fingerprint density at radius 1 is 1.04 bits per heavy atom. The summed E-state index contributed by atoms with van der Waals surface area (Å²) in [5, 5.41) is 2.77. The van der Waals surface area contributed by atoms with Crippen molar-refractivity contribution < 1.29 is 14.3 Å². The molecule has 0 radical (unpaired) electrons. The number of carbonyl (C=O) groups excluding carboxylic acids is 2. The molecule has 1 fully saturated rings. The Labute approximate surface area is 153 Å². The van der Waals surface area contributed by atoms with Crippen LogP contribution in [0.25, 0.3) is 0 Å². The number of aryl methyl sites for hydroxylation is 1. The number of benzene rings is 2. The van der Waals surface area contributed by atoms with Crippen molar-refractivity contribution in [3.05, 3.63) is 59.2 Å². The average Bonchev–Trinajstić information content (AvgIpc) is 2.63. The predicted molar refractivity (Wildman–Crippen MR) is 102 cm³/mol. The molecule has 0 aromatic heterocycles. The molecule has 136 valence electrons. The van der Waals surface area contributed by atoms with Crippen molar-refractivity contribution in [1.82, 2.24) is 0 Å². The highest BCUT2D eigenvalue weighted by Crippen LogP contribution is 2.24. The maximum absolute atomic E-state index is 12.5. The minimum Gasteiger partial charge on any atom is -0.490 e. The first kappa shape index (κ1) is 18.0. The Bertz CT molecular complexity index is 793. The molecule has 0 atom stereocenters. The summed E-state index contributed by atoms with van der Waals surface area (Å²) >= 11 is 0. The van der Waals surface area contributed by atoms with Crippen LogP contribution in [0.4, 0.5) is 5.69 Å². The summed E-state index contributed by atoms with van der Waals surface area (Å²) in [6.45, 7) is 1.78. The lowest BCUT2D eigenvalue weighted by atomic mass is 9.98. The number of amides is 2. The number of hydrogen-bond acceptors (Lipinski definition) is 3. The molecular weight excluding hydrogens is 328 g/mol. The lowest BCUT2D eigenvalue weighted by Gasteiger charge is -2.23. The summed E-state index contributed by atoms with van der Waals surface area (Å²) in [4.78, 5) is 24.1. The van der Waals surface area contributed by atoms with E-state index in [9.17, 15) is 9.59 Å². The van der Waals surface area contributed by atoms with E-state index in [1.165, 1.54) is 19.3 Å². The number of carbonyl (C=O) groups is 2. The number of hydrogen-bond donors (Lipinski definition) is 2. The summed E-state index contributed by atoms with van der Waals surface area (Å²) in [6, 6.07) is 12.3. The maximum Gasteiger partial charge on any atom is 0.255 e. The van der Waals surface area contributed by atoms with Crippen molar-refractivity contribution in [3.63, 3.8) is 0 Å². The molecule has 1 saturated carbocycles. The van der Waals surface area contributed by atoms with Crippen LogP contribution in [-0.4, -0.2) is 17.9 Å². The summed E-state index contributed by atoms with van der Waals surface area (Å²) in [5.74, 6) is -0.0706. The zero-order chi connectivity index (χ0) is 18.5. The molecule has 5 nitrogen and oxygen atoms in total. The van der Waals surface area contributed by atoms with E-state index in [0.29, 0.717) is 16.8 Å². The van der Waals surface area contributed by atoms with E-state index < -0.39 is 5.91 Å². The molecule has 3 rings (SSSR count). The van der Waals surface area contributed by atoms with Crippen LogP contribution in [0.3, 0.4) is 0 Å². The van der Waals surface area contributed by atoms with Gasteiger partial charge in [0.1, 0.15) is 5.75 Å². The second-order valence-electron chi connectivity index (χ2n) is 6.72. The molecule has 26 heavy (non-hydrogen) atoms. The summed E-state index contributed by atoms with van der Waals surface area (Å²) in [6.07, 6.45) is 6.16. The summed E-state index contributed by atoms with van der Waals surface area (Å²) < 4.78 is 5.98. The average molecular weight is 352 g/mol. The molecule has 0 unspecified atom stereocenters. The number of nitrogens with two attached hydrogens (primary N) is 1. The fraction of sp³-hybridized carbons (Fsp3) is 0.333. The SMILES string of the molecule is Cc1cccc(NC(=O)c2ccc(OC3CCCCC3)cc2)c1C(N)=O. The Morgan fingerprint density at radius 2 is 1.73 bits per heavy atom. The zero-order valence-corrected chi connectivity index (χ0v) is 15.0. The van der Waals surface area contributed by atoms with Gasteiger partial charge in [-0.25, -0.2) is 0 Å². The second kappa shape index (κ2) is 8.04.